The van der Waals surface area contributed by atoms with Crippen molar-refractivity contribution in [3.05, 3.63) is 35.9 Å². The van der Waals surface area contributed by atoms with Gasteiger partial charge in [0, 0.05) is 18.5 Å². The van der Waals surface area contributed by atoms with Gasteiger partial charge in [-0.25, -0.2) is 0 Å². The van der Waals surface area contributed by atoms with Gasteiger partial charge < -0.3 is 10.2 Å². The highest BCUT2D eigenvalue weighted by molar-refractivity contribution is 6.38. The van der Waals surface area contributed by atoms with E-state index in [9.17, 15) is 14.4 Å². The molecule has 1 fully saturated rings. The van der Waals surface area contributed by atoms with Gasteiger partial charge in [0.1, 0.15) is 6.04 Å². The Bertz CT molecular complexity index is 655. The monoisotopic (exact) mass is 372 g/mol. The third kappa shape index (κ3) is 5.65. The molecule has 0 aliphatic carbocycles. The Balaban J connectivity index is 1.90. The third-order valence-corrected chi connectivity index (χ3v) is 5.54. The Morgan fingerprint density at radius 2 is 1.85 bits per heavy atom. The van der Waals surface area contributed by atoms with Crippen molar-refractivity contribution in [3.63, 3.8) is 0 Å². The van der Waals surface area contributed by atoms with Crippen LogP contribution in [0.4, 0.5) is 0 Å². The quantitative estimate of drug-likeness (QED) is 0.563. The van der Waals surface area contributed by atoms with Crippen LogP contribution in [0.5, 0.6) is 0 Å². The molecule has 148 valence electrons. The van der Waals surface area contributed by atoms with E-state index in [1.54, 1.807) is 13.8 Å². The van der Waals surface area contributed by atoms with Gasteiger partial charge in [0.05, 0.1) is 0 Å². The smallest absolute Gasteiger partial charge is 0.291 e. The summed E-state index contributed by atoms with van der Waals surface area (Å²) in [7, 11) is 0. The molecule has 2 rings (SSSR count). The predicted octanol–water partition coefficient (Wildman–Crippen LogP) is 3.12. The summed E-state index contributed by atoms with van der Waals surface area (Å²) < 4.78 is 0. The van der Waals surface area contributed by atoms with Crippen LogP contribution in [0.2, 0.25) is 0 Å². The van der Waals surface area contributed by atoms with Crippen molar-refractivity contribution in [2.75, 3.05) is 13.1 Å². The maximum absolute atomic E-state index is 12.7. The van der Waals surface area contributed by atoms with Crippen molar-refractivity contribution in [2.24, 2.45) is 5.41 Å². The molecule has 5 nitrogen and oxygen atoms in total. The Morgan fingerprint density at radius 3 is 2.52 bits per heavy atom. The lowest BCUT2D eigenvalue weighted by atomic mass is 9.84. The minimum atomic E-state index is -0.689. The fourth-order valence-corrected chi connectivity index (χ4v) is 3.29. The van der Waals surface area contributed by atoms with Crippen LogP contribution in [-0.2, 0) is 20.8 Å². The van der Waals surface area contributed by atoms with Crippen molar-refractivity contribution in [3.8, 4) is 0 Å². The molecule has 1 saturated heterocycles. The molecule has 1 unspecified atom stereocenters. The van der Waals surface area contributed by atoms with E-state index < -0.39 is 23.1 Å². The molecule has 1 aliphatic rings. The average molecular weight is 373 g/mol. The summed E-state index contributed by atoms with van der Waals surface area (Å²) in [5.74, 6) is -1.04. The first-order valence-corrected chi connectivity index (χ1v) is 10.0. The summed E-state index contributed by atoms with van der Waals surface area (Å²) >= 11 is 0. The van der Waals surface area contributed by atoms with Crippen molar-refractivity contribution in [1.82, 2.24) is 10.2 Å². The fraction of sp³-hybridized carbons (Fsp3) is 0.591. The Labute approximate surface area is 162 Å². The summed E-state index contributed by atoms with van der Waals surface area (Å²) in [5, 5.41) is 2.96. The third-order valence-electron chi connectivity index (χ3n) is 5.54. The van der Waals surface area contributed by atoms with E-state index in [4.69, 9.17) is 0 Å². The van der Waals surface area contributed by atoms with E-state index in [1.807, 2.05) is 25.1 Å². The average Bonchev–Trinajstić information content (AvgIpc) is 2.70. The highest BCUT2D eigenvalue weighted by Crippen LogP contribution is 2.25. The van der Waals surface area contributed by atoms with Crippen LogP contribution < -0.4 is 5.32 Å². The van der Waals surface area contributed by atoms with E-state index in [0.29, 0.717) is 25.9 Å². The number of nitrogens with one attached hydrogen (secondary N) is 1. The van der Waals surface area contributed by atoms with Crippen molar-refractivity contribution < 1.29 is 14.4 Å². The maximum atomic E-state index is 12.7. The van der Waals surface area contributed by atoms with Gasteiger partial charge in [0.15, 0.2) is 0 Å². The number of aryl methyl sites for hydroxylation is 1. The fourth-order valence-electron chi connectivity index (χ4n) is 3.29. The number of amides is 2. The maximum Gasteiger partial charge on any atom is 0.291 e. The van der Waals surface area contributed by atoms with Gasteiger partial charge in [0.25, 0.3) is 5.91 Å². The van der Waals surface area contributed by atoms with E-state index >= 15 is 0 Å². The molecule has 5 heteroatoms. The topological polar surface area (TPSA) is 66.5 Å². The van der Waals surface area contributed by atoms with Crippen molar-refractivity contribution in [2.45, 2.75) is 65.3 Å². The number of nitrogens with zero attached hydrogens (tertiary/aromatic N) is 1. The molecule has 0 radical (unpaired) electrons. The number of hydrogen-bond donors (Lipinski definition) is 1. The van der Waals surface area contributed by atoms with E-state index in [1.165, 1.54) is 10.5 Å². The second-order valence-electron chi connectivity index (χ2n) is 7.96. The summed E-state index contributed by atoms with van der Waals surface area (Å²) in [6.07, 6.45) is 4.70. The lowest BCUT2D eigenvalue weighted by Crippen LogP contribution is -2.55. The van der Waals surface area contributed by atoms with Crippen molar-refractivity contribution >= 4 is 17.6 Å². The molecular formula is C22H32N2O3. The number of Topliss-reactive ketones (excluding diaryl/α,β-unsaturated/α-hetero) is 1. The van der Waals surface area contributed by atoms with Gasteiger partial charge in [-0.15, -0.1) is 0 Å². The number of carbonyl (C=O) groups is 3. The lowest BCUT2D eigenvalue weighted by molar-refractivity contribution is -0.153. The van der Waals surface area contributed by atoms with E-state index in [0.717, 1.165) is 25.7 Å². The second kappa shape index (κ2) is 9.67. The largest absolute Gasteiger partial charge is 0.354 e. The van der Waals surface area contributed by atoms with Gasteiger partial charge >= 0.3 is 0 Å². The molecule has 2 amide bonds. The van der Waals surface area contributed by atoms with Crippen LogP contribution in [0, 0.1) is 5.41 Å². The van der Waals surface area contributed by atoms with Crippen LogP contribution in [0.25, 0.3) is 0 Å². The molecule has 27 heavy (non-hydrogen) atoms. The number of rotatable bonds is 8. The standard InChI is InChI=1S/C22H32N2O3/c1-4-22(2,3)19(25)21(27)24-16-9-8-14-18(24)20(26)23-15-10-13-17-11-6-5-7-12-17/h5-7,11-12,18H,4,8-10,13-16H2,1-3H3,(H,23,26). The van der Waals surface area contributed by atoms with E-state index in [2.05, 4.69) is 17.4 Å². The molecule has 1 heterocycles. The van der Waals surface area contributed by atoms with Gasteiger partial charge in [-0.1, -0.05) is 51.1 Å². The summed E-state index contributed by atoms with van der Waals surface area (Å²) in [6.45, 7) is 6.52. The zero-order valence-electron chi connectivity index (χ0n) is 16.8. The highest BCUT2D eigenvalue weighted by Gasteiger charge is 2.39. The zero-order valence-corrected chi connectivity index (χ0v) is 16.8. The molecule has 1 aliphatic heterocycles. The predicted molar refractivity (Wildman–Crippen MR) is 106 cm³/mol. The molecule has 0 aromatic heterocycles. The minimum Gasteiger partial charge on any atom is -0.354 e. The van der Waals surface area contributed by atoms with Crippen LogP contribution in [0.1, 0.15) is 58.4 Å². The first kappa shape index (κ1) is 21.1. The molecule has 1 N–H and O–H groups in total. The Kier molecular flexibility index (Phi) is 7.57. The Morgan fingerprint density at radius 1 is 1.15 bits per heavy atom. The normalized spacial score (nSPS) is 17.4. The van der Waals surface area contributed by atoms with Crippen molar-refractivity contribution in [1.29, 1.82) is 0 Å². The molecule has 0 saturated carbocycles. The number of likely N-dealkylation sites (tertiary alicyclic amines) is 1. The molecular weight excluding hydrogens is 340 g/mol. The highest BCUT2D eigenvalue weighted by atomic mass is 16.2. The minimum absolute atomic E-state index is 0.141. The number of ketones is 1. The van der Waals surface area contributed by atoms with Crippen LogP contribution in [0.15, 0.2) is 30.3 Å². The summed E-state index contributed by atoms with van der Waals surface area (Å²) in [6, 6.07) is 9.62. The second-order valence-corrected chi connectivity index (χ2v) is 7.96. The van der Waals surface area contributed by atoms with Crippen LogP contribution >= 0.6 is 0 Å². The molecule has 1 atom stereocenters. The Hall–Kier alpha value is -2.17. The number of hydrogen-bond acceptors (Lipinski definition) is 3. The van der Waals surface area contributed by atoms with Gasteiger partial charge in [-0.3, -0.25) is 14.4 Å². The van der Waals surface area contributed by atoms with Crippen LogP contribution in [0.3, 0.4) is 0 Å². The molecule has 0 spiro atoms. The number of carbonyl (C=O) groups excluding carboxylic acids is 3. The number of benzene rings is 1. The first-order valence-electron chi connectivity index (χ1n) is 10.0. The van der Waals surface area contributed by atoms with E-state index in [-0.39, 0.29) is 5.91 Å². The zero-order chi connectivity index (χ0) is 19.9. The lowest BCUT2D eigenvalue weighted by Gasteiger charge is -2.36. The first-order chi connectivity index (χ1) is 12.9. The summed E-state index contributed by atoms with van der Waals surface area (Å²) in [4.78, 5) is 39.4. The van der Waals surface area contributed by atoms with Crippen LogP contribution in [-0.4, -0.2) is 41.6 Å². The molecule has 0 bridgehead atoms. The van der Waals surface area contributed by atoms with Gasteiger partial charge in [-0.05, 0) is 44.1 Å². The van der Waals surface area contributed by atoms with Gasteiger partial charge in [0.2, 0.25) is 11.7 Å². The molecule has 1 aromatic carbocycles. The van der Waals surface area contributed by atoms with Gasteiger partial charge in [-0.2, -0.15) is 0 Å². The summed E-state index contributed by atoms with van der Waals surface area (Å²) in [5.41, 5.74) is 0.555. The number of piperidine rings is 1. The SMILES string of the molecule is CCC(C)(C)C(=O)C(=O)N1CCCCC1C(=O)NCCCc1ccccc1. The molecule has 1 aromatic rings.